The molecule has 0 atom stereocenters. The van der Waals surface area contributed by atoms with E-state index in [0.29, 0.717) is 6.42 Å². The summed E-state index contributed by atoms with van der Waals surface area (Å²) in [5.41, 5.74) is 4.58. The molecule has 0 radical (unpaired) electrons. The van der Waals surface area contributed by atoms with Crippen LogP contribution in [0, 0.1) is 0 Å². The summed E-state index contributed by atoms with van der Waals surface area (Å²) in [6.45, 7) is 1.85. The van der Waals surface area contributed by atoms with Crippen molar-refractivity contribution < 1.29 is 9.90 Å². The molecular formula is C16H16N2O2. The van der Waals surface area contributed by atoms with Crippen LogP contribution in [-0.4, -0.2) is 16.7 Å². The molecule has 4 heteroatoms. The number of rotatable bonds is 4. The van der Waals surface area contributed by atoms with Gasteiger partial charge in [-0.1, -0.05) is 42.5 Å². The maximum atomic E-state index is 11.8. The molecule has 0 saturated heterocycles. The summed E-state index contributed by atoms with van der Waals surface area (Å²) in [5, 5.41) is 13.6. The minimum Gasteiger partial charge on any atom is -0.507 e. The zero-order valence-electron chi connectivity index (χ0n) is 11.2. The van der Waals surface area contributed by atoms with Gasteiger partial charge in [-0.15, -0.1) is 0 Å². The molecule has 2 N–H and O–H groups in total. The zero-order valence-corrected chi connectivity index (χ0v) is 11.2. The average Bonchev–Trinajstić information content (AvgIpc) is 2.46. The summed E-state index contributed by atoms with van der Waals surface area (Å²) in [5.74, 6) is -0.476. The molecule has 0 aliphatic heterocycles. The summed E-state index contributed by atoms with van der Waals surface area (Å²) in [7, 11) is 0. The lowest BCUT2D eigenvalue weighted by Crippen LogP contribution is -2.19. The Bertz CT molecular complexity index is 621. The van der Waals surface area contributed by atoms with Crippen LogP contribution in [0.5, 0.6) is 5.75 Å². The summed E-state index contributed by atoms with van der Waals surface area (Å²) in [4.78, 5) is 11.8. The molecule has 0 bridgehead atoms. The largest absolute Gasteiger partial charge is 0.507 e. The van der Waals surface area contributed by atoms with Gasteiger partial charge in [0.1, 0.15) is 5.75 Å². The summed E-state index contributed by atoms with van der Waals surface area (Å²) in [6, 6.07) is 16.3. The fourth-order valence-corrected chi connectivity index (χ4v) is 1.80. The summed E-state index contributed by atoms with van der Waals surface area (Å²) >= 11 is 0. The molecule has 1 amide bonds. The Hall–Kier alpha value is -2.62. The summed E-state index contributed by atoms with van der Waals surface area (Å²) < 4.78 is 0. The van der Waals surface area contributed by atoms with E-state index in [1.54, 1.807) is 18.2 Å². The van der Waals surface area contributed by atoms with Crippen LogP contribution in [0.3, 0.4) is 0 Å². The lowest BCUT2D eigenvalue weighted by molar-refractivity contribution is 0.0952. The topological polar surface area (TPSA) is 61.7 Å². The zero-order chi connectivity index (χ0) is 14.4. The highest BCUT2D eigenvalue weighted by Gasteiger charge is 2.08. The Balaban J connectivity index is 1.99. The Morgan fingerprint density at radius 3 is 2.45 bits per heavy atom. The molecule has 0 spiro atoms. The van der Waals surface area contributed by atoms with Crippen molar-refractivity contribution in [1.29, 1.82) is 0 Å². The standard InChI is InChI=1S/C16H16N2O2/c1-12(11-13-7-3-2-4-8-13)17-18-16(20)14-9-5-6-10-15(14)19/h2-10,19H,11H2,1H3,(H,18,20). The van der Waals surface area contributed by atoms with Gasteiger partial charge in [0.25, 0.3) is 5.91 Å². The van der Waals surface area contributed by atoms with Crippen molar-refractivity contribution in [3.05, 3.63) is 65.7 Å². The number of aromatic hydroxyl groups is 1. The number of hydrazone groups is 1. The highest BCUT2D eigenvalue weighted by molar-refractivity contribution is 5.97. The maximum Gasteiger partial charge on any atom is 0.275 e. The van der Waals surface area contributed by atoms with Crippen LogP contribution >= 0.6 is 0 Å². The van der Waals surface area contributed by atoms with E-state index in [4.69, 9.17) is 0 Å². The molecule has 0 heterocycles. The second-order valence-corrected chi connectivity index (χ2v) is 4.47. The molecule has 2 rings (SSSR count). The van der Waals surface area contributed by atoms with Crippen molar-refractivity contribution in [3.63, 3.8) is 0 Å². The number of hydrogen-bond donors (Lipinski definition) is 2. The van der Waals surface area contributed by atoms with Gasteiger partial charge >= 0.3 is 0 Å². The molecule has 2 aromatic rings. The number of carbonyl (C=O) groups excluding carboxylic acids is 1. The number of carbonyl (C=O) groups is 1. The first-order valence-electron chi connectivity index (χ1n) is 6.32. The SMILES string of the molecule is CC(Cc1ccccc1)=NNC(=O)c1ccccc1O. The molecule has 20 heavy (non-hydrogen) atoms. The third-order valence-electron chi connectivity index (χ3n) is 2.80. The van der Waals surface area contributed by atoms with Crippen LogP contribution in [0.4, 0.5) is 0 Å². The fraction of sp³-hybridized carbons (Fsp3) is 0.125. The normalized spacial score (nSPS) is 11.2. The van der Waals surface area contributed by atoms with Gasteiger partial charge in [-0.3, -0.25) is 4.79 Å². The molecule has 4 nitrogen and oxygen atoms in total. The molecule has 0 aliphatic carbocycles. The van der Waals surface area contributed by atoms with Gasteiger partial charge in [-0.2, -0.15) is 5.10 Å². The Labute approximate surface area is 117 Å². The van der Waals surface area contributed by atoms with E-state index in [1.165, 1.54) is 6.07 Å². The number of phenolic OH excluding ortho intramolecular Hbond substituents is 1. The van der Waals surface area contributed by atoms with E-state index in [2.05, 4.69) is 10.5 Å². The van der Waals surface area contributed by atoms with Crippen molar-refractivity contribution in [2.24, 2.45) is 5.10 Å². The van der Waals surface area contributed by atoms with Gasteiger partial charge in [-0.05, 0) is 24.6 Å². The van der Waals surface area contributed by atoms with Crippen molar-refractivity contribution in [2.75, 3.05) is 0 Å². The van der Waals surface area contributed by atoms with Crippen molar-refractivity contribution in [3.8, 4) is 5.75 Å². The minimum atomic E-state index is -0.421. The van der Waals surface area contributed by atoms with E-state index >= 15 is 0 Å². The third-order valence-corrected chi connectivity index (χ3v) is 2.80. The number of phenols is 1. The van der Waals surface area contributed by atoms with Crippen LogP contribution in [0.1, 0.15) is 22.8 Å². The number of nitrogens with zero attached hydrogens (tertiary/aromatic N) is 1. The molecular weight excluding hydrogens is 252 g/mol. The first kappa shape index (κ1) is 13.8. The monoisotopic (exact) mass is 268 g/mol. The van der Waals surface area contributed by atoms with Crippen LogP contribution in [0.2, 0.25) is 0 Å². The highest BCUT2D eigenvalue weighted by Crippen LogP contribution is 2.14. The van der Waals surface area contributed by atoms with Crippen molar-refractivity contribution in [2.45, 2.75) is 13.3 Å². The van der Waals surface area contributed by atoms with Crippen LogP contribution in [0.15, 0.2) is 59.7 Å². The van der Waals surface area contributed by atoms with Crippen LogP contribution in [0.25, 0.3) is 0 Å². The molecule has 0 saturated carbocycles. The maximum absolute atomic E-state index is 11.8. The Kier molecular flexibility index (Phi) is 4.50. The summed E-state index contributed by atoms with van der Waals surface area (Å²) in [6.07, 6.45) is 0.669. The van der Waals surface area contributed by atoms with E-state index in [1.807, 2.05) is 37.3 Å². The third kappa shape index (κ3) is 3.68. The quantitative estimate of drug-likeness (QED) is 0.661. The lowest BCUT2D eigenvalue weighted by Gasteiger charge is -2.04. The molecule has 0 aromatic heterocycles. The van der Waals surface area contributed by atoms with Gasteiger partial charge in [-0.25, -0.2) is 5.43 Å². The van der Waals surface area contributed by atoms with Gasteiger partial charge in [0.2, 0.25) is 0 Å². The van der Waals surface area contributed by atoms with Gasteiger partial charge in [0.05, 0.1) is 5.56 Å². The van der Waals surface area contributed by atoms with Gasteiger partial charge < -0.3 is 5.11 Å². The number of benzene rings is 2. The number of hydrogen-bond acceptors (Lipinski definition) is 3. The van der Waals surface area contributed by atoms with Crippen LogP contribution < -0.4 is 5.43 Å². The predicted molar refractivity (Wildman–Crippen MR) is 78.8 cm³/mol. The van der Waals surface area contributed by atoms with Crippen LogP contribution in [-0.2, 0) is 6.42 Å². The highest BCUT2D eigenvalue weighted by atomic mass is 16.3. The number of amides is 1. The first-order valence-corrected chi connectivity index (χ1v) is 6.32. The molecule has 102 valence electrons. The molecule has 0 aliphatic rings. The van der Waals surface area contributed by atoms with Gasteiger partial charge in [0.15, 0.2) is 0 Å². The smallest absolute Gasteiger partial charge is 0.275 e. The van der Waals surface area contributed by atoms with Crippen molar-refractivity contribution in [1.82, 2.24) is 5.43 Å². The Morgan fingerprint density at radius 2 is 1.75 bits per heavy atom. The van der Waals surface area contributed by atoms with E-state index in [-0.39, 0.29) is 11.3 Å². The van der Waals surface area contributed by atoms with Gasteiger partial charge in [0, 0.05) is 12.1 Å². The molecule has 0 fully saturated rings. The molecule has 2 aromatic carbocycles. The Morgan fingerprint density at radius 1 is 1.10 bits per heavy atom. The fourth-order valence-electron chi connectivity index (χ4n) is 1.80. The second-order valence-electron chi connectivity index (χ2n) is 4.47. The predicted octanol–water partition coefficient (Wildman–Crippen LogP) is 2.74. The van der Waals surface area contributed by atoms with E-state index < -0.39 is 5.91 Å². The first-order chi connectivity index (χ1) is 9.66. The van der Waals surface area contributed by atoms with E-state index in [0.717, 1.165) is 11.3 Å². The molecule has 0 unspecified atom stereocenters. The average molecular weight is 268 g/mol. The number of nitrogens with one attached hydrogen (secondary N) is 1. The minimum absolute atomic E-state index is 0.0547. The number of para-hydroxylation sites is 1. The second kappa shape index (κ2) is 6.52. The van der Waals surface area contributed by atoms with E-state index in [9.17, 15) is 9.90 Å². The lowest BCUT2D eigenvalue weighted by atomic mass is 10.1. The van der Waals surface area contributed by atoms with Crippen molar-refractivity contribution >= 4 is 11.6 Å².